The van der Waals surface area contributed by atoms with Crippen LogP contribution in [0, 0.1) is 11.6 Å². The Morgan fingerprint density at radius 2 is 1.50 bits per heavy atom. The van der Waals surface area contributed by atoms with Crippen LogP contribution in [0.25, 0.3) is 10.9 Å². The molecule has 19 heteroatoms. The number of piperidine rings is 1. The number of H-pyrrole nitrogens is 1. The van der Waals surface area contributed by atoms with E-state index >= 15 is 0 Å². The highest BCUT2D eigenvalue weighted by Crippen LogP contribution is 2.32. The average Bonchev–Trinajstić information content (AvgIpc) is 3.91. The molecule has 2 fully saturated rings. The average molecular weight is 887 g/mol. The first-order valence-corrected chi connectivity index (χ1v) is 21.1. The molecule has 2 saturated heterocycles. The number of ketones is 1. The van der Waals surface area contributed by atoms with E-state index in [9.17, 15) is 47.4 Å². The third-order valence-electron chi connectivity index (χ3n) is 11.1. The van der Waals surface area contributed by atoms with E-state index in [2.05, 4.69) is 20.9 Å². The van der Waals surface area contributed by atoms with Crippen molar-refractivity contribution in [2.45, 2.75) is 63.1 Å². The molecule has 4 aromatic rings. The molecule has 0 aliphatic carbocycles. The number of ether oxygens (including phenoxy) is 3. The summed E-state index contributed by atoms with van der Waals surface area (Å²) < 4.78 is 44.0. The van der Waals surface area contributed by atoms with Crippen LogP contribution in [0.3, 0.4) is 0 Å². The Hall–Kier alpha value is -6.41. The fourth-order valence-corrected chi connectivity index (χ4v) is 7.76. The summed E-state index contributed by atoms with van der Waals surface area (Å²) in [5.41, 5.74) is 0.319. The summed E-state index contributed by atoms with van der Waals surface area (Å²) in [7, 11) is 0. The lowest BCUT2D eigenvalue weighted by molar-refractivity contribution is -0.149. The van der Waals surface area contributed by atoms with Gasteiger partial charge >= 0.3 is 0 Å². The van der Waals surface area contributed by atoms with E-state index in [-0.39, 0.29) is 67.9 Å². The summed E-state index contributed by atoms with van der Waals surface area (Å²) in [6, 6.07) is 13.3. The molecule has 3 aromatic carbocycles. The largest absolute Gasteiger partial charge is 0.385 e. The van der Waals surface area contributed by atoms with Crippen molar-refractivity contribution in [3.05, 3.63) is 94.7 Å². The van der Waals surface area contributed by atoms with Crippen LogP contribution in [0.15, 0.2) is 60.7 Å². The van der Waals surface area contributed by atoms with Gasteiger partial charge in [-0.2, -0.15) is 0 Å². The molecule has 0 spiro atoms. The molecule has 0 radical (unpaired) electrons. The monoisotopic (exact) mass is 886 g/mol. The number of anilines is 2. The van der Waals surface area contributed by atoms with Crippen LogP contribution in [0.4, 0.5) is 20.2 Å². The van der Waals surface area contributed by atoms with E-state index in [4.69, 9.17) is 14.2 Å². The summed E-state index contributed by atoms with van der Waals surface area (Å²) in [6.07, 6.45) is 2.15. The molecule has 3 aliphatic heterocycles. The number of nitrogens with zero attached hydrogens (tertiary/aromatic N) is 2. The number of fused-ring (bicyclic) bond motifs is 2. The lowest BCUT2D eigenvalue weighted by Crippen LogP contribution is -2.54. The number of aromatic amines is 1. The van der Waals surface area contributed by atoms with Crippen molar-refractivity contribution in [3.63, 3.8) is 0 Å². The van der Waals surface area contributed by atoms with Gasteiger partial charge in [0.25, 0.3) is 23.6 Å². The molecule has 4 heterocycles. The summed E-state index contributed by atoms with van der Waals surface area (Å²) >= 11 is 0. The highest BCUT2D eigenvalue weighted by atomic mass is 19.1. The zero-order valence-electron chi connectivity index (χ0n) is 34.8. The number of carbonyl (C=O) groups is 7. The number of nitrogens with one attached hydrogen (secondary N) is 4. The van der Waals surface area contributed by atoms with Gasteiger partial charge < -0.3 is 39.8 Å². The molecule has 7 rings (SSSR count). The summed E-state index contributed by atoms with van der Waals surface area (Å²) in [4.78, 5) is 94.0. The number of halogens is 2. The second kappa shape index (κ2) is 20.4. The Bertz CT molecular complexity index is 2440. The van der Waals surface area contributed by atoms with Gasteiger partial charge in [-0.05, 0) is 85.8 Å². The molecule has 6 amide bonds. The van der Waals surface area contributed by atoms with E-state index in [0.29, 0.717) is 92.9 Å². The number of rotatable bonds is 22. The van der Waals surface area contributed by atoms with Gasteiger partial charge in [0.05, 0.1) is 23.4 Å². The maximum atomic E-state index is 13.5. The lowest BCUT2D eigenvalue weighted by atomic mass is 10.0. The predicted molar refractivity (Wildman–Crippen MR) is 225 cm³/mol. The normalized spacial score (nSPS) is 18.5. The minimum atomic E-state index is -2.36. The molecule has 3 aliphatic rings. The van der Waals surface area contributed by atoms with E-state index in [1.807, 2.05) is 0 Å². The predicted octanol–water partition coefficient (Wildman–Crippen LogP) is 3.54. The van der Waals surface area contributed by atoms with Crippen molar-refractivity contribution in [2.75, 3.05) is 62.9 Å². The number of aliphatic hydroxyl groups is 1. The first-order valence-electron chi connectivity index (χ1n) is 21.1. The van der Waals surface area contributed by atoms with Crippen LogP contribution in [0.2, 0.25) is 0 Å². The minimum Gasteiger partial charge on any atom is -0.385 e. The van der Waals surface area contributed by atoms with Crippen LogP contribution in [0.1, 0.15) is 81.7 Å². The van der Waals surface area contributed by atoms with Gasteiger partial charge in [0.2, 0.25) is 17.4 Å². The summed E-state index contributed by atoms with van der Waals surface area (Å²) in [5.74, 6) is -5.79. The molecule has 64 heavy (non-hydrogen) atoms. The fraction of sp³-hybridized carbons (Fsp3) is 0.400. The smallest absolute Gasteiger partial charge is 0.268 e. The Morgan fingerprint density at radius 1 is 0.812 bits per heavy atom. The van der Waals surface area contributed by atoms with Crippen LogP contribution in [0.5, 0.6) is 0 Å². The summed E-state index contributed by atoms with van der Waals surface area (Å²) in [5, 5.41) is 19.4. The maximum Gasteiger partial charge on any atom is 0.268 e. The molecule has 0 bridgehead atoms. The summed E-state index contributed by atoms with van der Waals surface area (Å²) in [6.45, 7) is 2.98. The van der Waals surface area contributed by atoms with Crippen molar-refractivity contribution in [3.8, 4) is 0 Å². The van der Waals surface area contributed by atoms with E-state index < -0.39 is 58.7 Å². The van der Waals surface area contributed by atoms with Gasteiger partial charge in [-0.25, -0.2) is 8.78 Å². The van der Waals surface area contributed by atoms with Crippen molar-refractivity contribution in [2.24, 2.45) is 0 Å². The lowest BCUT2D eigenvalue weighted by Gasteiger charge is -2.27. The topological polar surface area (TPSA) is 226 Å². The van der Waals surface area contributed by atoms with Crippen LogP contribution >= 0.6 is 0 Å². The second-order valence-corrected chi connectivity index (χ2v) is 15.7. The molecule has 338 valence electrons. The Morgan fingerprint density at radius 3 is 2.22 bits per heavy atom. The second-order valence-electron chi connectivity index (χ2n) is 15.7. The molecule has 1 aromatic heterocycles. The number of Topliss-reactive ketones (excluding diaryl/α,β-unsaturated/α-hetero) is 1. The minimum absolute atomic E-state index is 0.0476. The van der Waals surface area contributed by atoms with Gasteiger partial charge in [0.15, 0.2) is 5.78 Å². The Kier molecular flexibility index (Phi) is 14.5. The van der Waals surface area contributed by atoms with Crippen LogP contribution in [-0.4, -0.2) is 121 Å². The molecule has 5 N–H and O–H groups in total. The fourth-order valence-electron chi connectivity index (χ4n) is 7.76. The van der Waals surface area contributed by atoms with Gasteiger partial charge in [0.1, 0.15) is 17.7 Å². The number of hydrogen-bond acceptors (Lipinski definition) is 12. The standard InChI is InChI=1S/C45H48F2N6O11/c46-29-20-27(21-30(47)24-29)26-49-43(59)45(61)11-13-52(44(45)60)32-5-7-35-28(22-32)23-36(50-35)38(54)10-19-64-18-3-17-63-16-2-15-62-14-1-12-48-31-4-6-33-34(25-31)42(58)53(41(33)57)37-8-9-39(55)51-40(37)56/h4-7,20-25,37,48,50,61H,1-3,8-19,26H2,(H,49,59)(H,51,55,56). The van der Waals surface area contributed by atoms with Gasteiger partial charge in [-0.15, -0.1) is 0 Å². The number of benzene rings is 3. The SMILES string of the molecule is O=C1CCC(N2C(=O)c3ccc(NCCCOCCCOCCCOCCC(=O)c4cc5cc(N6CCC(O)(C(=O)NCc7cc(F)cc(F)c7)C6=O)ccc5[nH]4)cc3C2=O)C(=O)N1. The molecular weight excluding hydrogens is 839 g/mol. The number of aromatic nitrogens is 1. The van der Waals surface area contributed by atoms with E-state index in [0.717, 1.165) is 17.0 Å². The first-order chi connectivity index (χ1) is 30.8. The maximum absolute atomic E-state index is 13.5. The Labute approximate surface area is 365 Å². The molecular formula is C45H48F2N6O11. The van der Waals surface area contributed by atoms with Crippen molar-refractivity contribution in [1.82, 2.24) is 20.5 Å². The van der Waals surface area contributed by atoms with E-state index in [1.54, 1.807) is 42.5 Å². The van der Waals surface area contributed by atoms with Gasteiger partial charge in [-0.1, -0.05) is 0 Å². The quantitative estimate of drug-likeness (QED) is 0.0331. The van der Waals surface area contributed by atoms with Gasteiger partial charge in [0, 0.05) is 100 Å². The molecule has 2 atom stereocenters. The van der Waals surface area contributed by atoms with Crippen LogP contribution < -0.4 is 20.9 Å². The van der Waals surface area contributed by atoms with Gasteiger partial charge in [-0.3, -0.25) is 43.8 Å². The molecule has 0 saturated carbocycles. The third-order valence-corrected chi connectivity index (χ3v) is 11.1. The number of amides is 6. The highest BCUT2D eigenvalue weighted by molar-refractivity contribution is 6.24. The number of imide groups is 2. The highest BCUT2D eigenvalue weighted by Gasteiger charge is 2.52. The third kappa shape index (κ3) is 10.5. The van der Waals surface area contributed by atoms with Crippen molar-refractivity contribution in [1.29, 1.82) is 0 Å². The number of carbonyl (C=O) groups excluding carboxylic acids is 7. The molecule has 2 unspecified atom stereocenters. The number of hydrogen-bond donors (Lipinski definition) is 5. The molecule has 17 nitrogen and oxygen atoms in total. The zero-order chi connectivity index (χ0) is 45.4. The van der Waals surface area contributed by atoms with Crippen molar-refractivity contribution < 1.29 is 61.7 Å². The van der Waals surface area contributed by atoms with Crippen molar-refractivity contribution >= 4 is 63.5 Å². The van der Waals surface area contributed by atoms with Crippen LogP contribution in [-0.2, 0) is 39.9 Å². The Balaban J connectivity index is 0.719. The zero-order valence-corrected chi connectivity index (χ0v) is 34.8. The first kappa shape index (κ1) is 45.6. The van der Waals surface area contributed by atoms with E-state index in [1.165, 1.54) is 4.90 Å².